The van der Waals surface area contributed by atoms with Crippen LogP contribution >= 0.6 is 0 Å². The number of aromatic amines is 1. The molecule has 1 aliphatic carbocycles. The number of fused-ring (bicyclic) bond motifs is 1. The highest BCUT2D eigenvalue weighted by Crippen LogP contribution is 2.43. The third kappa shape index (κ3) is 3.11. The fraction of sp³-hybridized carbons (Fsp3) is 0.733. The number of hydrogen-bond acceptors (Lipinski definition) is 4. The van der Waals surface area contributed by atoms with Crippen molar-refractivity contribution in [3.63, 3.8) is 0 Å². The van der Waals surface area contributed by atoms with Gasteiger partial charge in [-0.1, -0.05) is 0 Å². The van der Waals surface area contributed by atoms with Gasteiger partial charge in [-0.3, -0.25) is 9.89 Å². The lowest BCUT2D eigenvalue weighted by atomic mass is 9.67. The van der Waals surface area contributed by atoms with Gasteiger partial charge in [-0.2, -0.15) is 5.10 Å². The predicted octanol–water partition coefficient (Wildman–Crippen LogP) is 0.898. The van der Waals surface area contributed by atoms with E-state index < -0.39 is 0 Å². The number of H-pyrrole nitrogens is 1. The molecule has 2 aliphatic rings. The first-order chi connectivity index (χ1) is 10.3. The SMILES string of the molecule is COC[C@@H]1[C@H](NC(=O)CCCc2cn[nH]c2)[C@@H]2CCO[C@H]12. The first-order valence-corrected chi connectivity index (χ1v) is 7.67. The summed E-state index contributed by atoms with van der Waals surface area (Å²) < 4.78 is 11.0. The summed E-state index contributed by atoms with van der Waals surface area (Å²) in [5, 5.41) is 9.87. The van der Waals surface area contributed by atoms with Crippen molar-refractivity contribution in [1.82, 2.24) is 15.5 Å². The van der Waals surface area contributed by atoms with Gasteiger partial charge in [0.15, 0.2) is 0 Å². The average molecular weight is 293 g/mol. The van der Waals surface area contributed by atoms with Crippen molar-refractivity contribution in [3.05, 3.63) is 18.0 Å². The number of carbonyl (C=O) groups is 1. The first kappa shape index (κ1) is 14.5. The second-order valence-corrected chi connectivity index (χ2v) is 5.96. The average Bonchev–Trinajstić information content (AvgIpc) is 3.12. The lowest BCUT2D eigenvalue weighted by Gasteiger charge is -2.47. The van der Waals surface area contributed by atoms with Crippen LogP contribution in [0.3, 0.4) is 0 Å². The van der Waals surface area contributed by atoms with E-state index in [2.05, 4.69) is 15.5 Å². The van der Waals surface area contributed by atoms with Gasteiger partial charge < -0.3 is 14.8 Å². The molecule has 0 unspecified atom stereocenters. The molecule has 0 bridgehead atoms. The quantitative estimate of drug-likeness (QED) is 0.783. The van der Waals surface area contributed by atoms with Gasteiger partial charge >= 0.3 is 0 Å². The fourth-order valence-electron chi connectivity index (χ4n) is 3.56. The summed E-state index contributed by atoms with van der Waals surface area (Å²) in [6, 6.07) is 0.221. The molecule has 6 heteroatoms. The van der Waals surface area contributed by atoms with Crippen LogP contribution in [0.25, 0.3) is 0 Å². The zero-order valence-corrected chi connectivity index (χ0v) is 12.4. The zero-order valence-electron chi connectivity index (χ0n) is 12.4. The van der Waals surface area contributed by atoms with E-state index in [0.29, 0.717) is 24.9 Å². The van der Waals surface area contributed by atoms with Crippen LogP contribution in [0.5, 0.6) is 0 Å². The van der Waals surface area contributed by atoms with E-state index >= 15 is 0 Å². The van der Waals surface area contributed by atoms with E-state index in [0.717, 1.165) is 31.4 Å². The number of ether oxygens (including phenoxy) is 2. The number of amides is 1. The molecule has 1 aromatic rings. The summed E-state index contributed by atoms with van der Waals surface area (Å²) in [6.07, 6.45) is 7.28. The minimum atomic E-state index is 0.134. The molecule has 116 valence electrons. The molecule has 0 spiro atoms. The smallest absolute Gasteiger partial charge is 0.220 e. The van der Waals surface area contributed by atoms with Crippen molar-refractivity contribution < 1.29 is 14.3 Å². The molecule has 2 fully saturated rings. The number of carbonyl (C=O) groups excluding carboxylic acids is 1. The number of aryl methyl sites for hydroxylation is 1. The molecule has 0 radical (unpaired) electrons. The van der Waals surface area contributed by atoms with Gasteiger partial charge in [0.05, 0.1) is 18.9 Å². The maximum atomic E-state index is 12.1. The largest absolute Gasteiger partial charge is 0.384 e. The standard InChI is InChI=1S/C15H23N3O3/c1-20-9-12-14(11-5-6-21-15(11)12)18-13(19)4-2-3-10-7-16-17-8-10/h7-8,11-12,14-15H,2-6,9H2,1H3,(H,16,17)(H,18,19)/t11-,12+,14+,15-/m0/s1. The summed E-state index contributed by atoms with van der Waals surface area (Å²) in [5.74, 6) is 0.915. The number of methoxy groups -OCH3 is 1. The van der Waals surface area contributed by atoms with E-state index in [9.17, 15) is 4.79 Å². The zero-order chi connectivity index (χ0) is 14.7. The summed E-state index contributed by atoms with van der Waals surface area (Å²) in [7, 11) is 1.70. The van der Waals surface area contributed by atoms with Crippen LogP contribution < -0.4 is 5.32 Å². The van der Waals surface area contributed by atoms with Gasteiger partial charge in [0, 0.05) is 44.2 Å². The Labute approximate surface area is 124 Å². The van der Waals surface area contributed by atoms with Crippen molar-refractivity contribution >= 4 is 5.91 Å². The summed E-state index contributed by atoms with van der Waals surface area (Å²) in [5.41, 5.74) is 1.15. The van der Waals surface area contributed by atoms with Crippen LogP contribution in [-0.4, -0.2) is 48.6 Å². The highest BCUT2D eigenvalue weighted by Gasteiger charge is 2.54. The van der Waals surface area contributed by atoms with E-state index in [-0.39, 0.29) is 18.1 Å². The number of aromatic nitrogens is 2. The van der Waals surface area contributed by atoms with Crippen LogP contribution in [0.2, 0.25) is 0 Å². The topological polar surface area (TPSA) is 76.2 Å². The van der Waals surface area contributed by atoms with Crippen LogP contribution in [-0.2, 0) is 20.7 Å². The van der Waals surface area contributed by atoms with Gasteiger partial charge in [-0.15, -0.1) is 0 Å². The fourth-order valence-corrected chi connectivity index (χ4v) is 3.56. The van der Waals surface area contributed by atoms with Crippen molar-refractivity contribution in [2.45, 2.75) is 37.8 Å². The minimum Gasteiger partial charge on any atom is -0.384 e. The van der Waals surface area contributed by atoms with Crippen molar-refractivity contribution in [2.75, 3.05) is 20.3 Å². The van der Waals surface area contributed by atoms with Crippen LogP contribution in [0.15, 0.2) is 12.4 Å². The maximum Gasteiger partial charge on any atom is 0.220 e. The Balaban J connectivity index is 1.43. The van der Waals surface area contributed by atoms with Gasteiger partial charge in [0.25, 0.3) is 0 Å². The van der Waals surface area contributed by atoms with Crippen LogP contribution in [0, 0.1) is 11.8 Å². The van der Waals surface area contributed by atoms with Gasteiger partial charge in [-0.25, -0.2) is 0 Å². The molecule has 1 aromatic heterocycles. The van der Waals surface area contributed by atoms with Gasteiger partial charge in [-0.05, 0) is 24.8 Å². The van der Waals surface area contributed by atoms with Crippen molar-refractivity contribution in [2.24, 2.45) is 11.8 Å². The predicted molar refractivity (Wildman–Crippen MR) is 76.7 cm³/mol. The Bertz CT molecular complexity index is 463. The number of rotatable bonds is 7. The molecule has 1 saturated carbocycles. The third-order valence-corrected chi connectivity index (χ3v) is 4.64. The van der Waals surface area contributed by atoms with E-state index in [1.807, 2.05) is 6.20 Å². The number of nitrogens with zero attached hydrogens (tertiary/aromatic N) is 1. The molecular weight excluding hydrogens is 270 g/mol. The highest BCUT2D eigenvalue weighted by molar-refractivity contribution is 5.76. The number of nitrogens with one attached hydrogen (secondary N) is 2. The third-order valence-electron chi connectivity index (χ3n) is 4.64. The lowest BCUT2D eigenvalue weighted by Crippen LogP contribution is -2.62. The summed E-state index contributed by atoms with van der Waals surface area (Å²) >= 11 is 0. The van der Waals surface area contributed by atoms with Crippen LogP contribution in [0.4, 0.5) is 0 Å². The molecule has 1 saturated heterocycles. The van der Waals surface area contributed by atoms with Crippen LogP contribution in [0.1, 0.15) is 24.8 Å². The Kier molecular flexibility index (Phi) is 4.55. The monoisotopic (exact) mass is 293 g/mol. The molecule has 3 rings (SSSR count). The normalized spacial score (nSPS) is 30.7. The Morgan fingerprint density at radius 2 is 2.52 bits per heavy atom. The maximum absolute atomic E-state index is 12.1. The molecular formula is C15H23N3O3. The minimum absolute atomic E-state index is 0.134. The number of hydrogen-bond donors (Lipinski definition) is 2. The van der Waals surface area contributed by atoms with Gasteiger partial charge in [0.1, 0.15) is 0 Å². The Morgan fingerprint density at radius 1 is 1.62 bits per heavy atom. The molecule has 21 heavy (non-hydrogen) atoms. The summed E-state index contributed by atoms with van der Waals surface area (Å²) in [4.78, 5) is 12.1. The molecule has 2 N–H and O–H groups in total. The molecule has 4 atom stereocenters. The molecule has 2 heterocycles. The van der Waals surface area contributed by atoms with E-state index in [1.165, 1.54) is 0 Å². The molecule has 1 amide bonds. The van der Waals surface area contributed by atoms with E-state index in [4.69, 9.17) is 9.47 Å². The molecule has 1 aliphatic heterocycles. The summed E-state index contributed by atoms with van der Waals surface area (Å²) in [6.45, 7) is 1.46. The Hall–Kier alpha value is -1.40. The second kappa shape index (κ2) is 6.58. The molecule has 6 nitrogen and oxygen atoms in total. The second-order valence-electron chi connectivity index (χ2n) is 5.96. The van der Waals surface area contributed by atoms with Gasteiger partial charge in [0.2, 0.25) is 5.91 Å². The van der Waals surface area contributed by atoms with Crippen molar-refractivity contribution in [3.8, 4) is 0 Å². The molecule has 0 aromatic carbocycles. The van der Waals surface area contributed by atoms with Crippen molar-refractivity contribution in [1.29, 1.82) is 0 Å². The Morgan fingerprint density at radius 3 is 3.29 bits per heavy atom. The highest BCUT2D eigenvalue weighted by atomic mass is 16.5. The first-order valence-electron chi connectivity index (χ1n) is 7.67. The van der Waals surface area contributed by atoms with E-state index in [1.54, 1.807) is 13.3 Å². The lowest BCUT2D eigenvalue weighted by molar-refractivity contribution is -0.129.